The SMILES string of the molecule is CCOC(=O)[C@H]1CCCN(c2ncnc3scc(-c4ccc(F)cc4)c23)C1. The Kier molecular flexibility index (Phi) is 5.03. The highest BCUT2D eigenvalue weighted by molar-refractivity contribution is 7.17. The molecule has 0 aliphatic carbocycles. The maximum atomic E-state index is 13.3. The zero-order valence-electron chi connectivity index (χ0n) is 15.0. The van der Waals surface area contributed by atoms with Gasteiger partial charge in [-0.15, -0.1) is 11.3 Å². The average Bonchev–Trinajstić information content (AvgIpc) is 3.13. The molecule has 1 atom stereocenters. The van der Waals surface area contributed by atoms with Gasteiger partial charge in [-0.05, 0) is 37.5 Å². The van der Waals surface area contributed by atoms with Crippen LogP contribution in [-0.4, -0.2) is 35.6 Å². The minimum Gasteiger partial charge on any atom is -0.466 e. The maximum absolute atomic E-state index is 13.3. The number of nitrogens with zero attached hydrogens (tertiary/aromatic N) is 3. The second-order valence-electron chi connectivity index (χ2n) is 6.57. The highest BCUT2D eigenvalue weighted by atomic mass is 32.1. The number of hydrogen-bond acceptors (Lipinski definition) is 6. The molecule has 0 bridgehead atoms. The molecular formula is C20H20FN3O2S. The lowest BCUT2D eigenvalue weighted by Gasteiger charge is -2.32. The van der Waals surface area contributed by atoms with Gasteiger partial charge in [-0.3, -0.25) is 4.79 Å². The summed E-state index contributed by atoms with van der Waals surface area (Å²) in [6.07, 6.45) is 3.31. The van der Waals surface area contributed by atoms with E-state index in [1.165, 1.54) is 12.1 Å². The van der Waals surface area contributed by atoms with Crippen LogP contribution in [0.2, 0.25) is 0 Å². The number of fused-ring (bicyclic) bond motifs is 1. The Balaban J connectivity index is 1.72. The molecule has 2 aromatic heterocycles. The minimum absolute atomic E-state index is 0.142. The number of carbonyl (C=O) groups is 1. The van der Waals surface area contributed by atoms with Crippen LogP contribution in [0.15, 0.2) is 36.0 Å². The molecule has 1 saturated heterocycles. The van der Waals surface area contributed by atoms with Crippen LogP contribution in [-0.2, 0) is 9.53 Å². The van der Waals surface area contributed by atoms with Crippen LogP contribution in [0.1, 0.15) is 19.8 Å². The second kappa shape index (κ2) is 7.60. The highest BCUT2D eigenvalue weighted by Crippen LogP contribution is 2.38. The summed E-state index contributed by atoms with van der Waals surface area (Å²) in [6, 6.07) is 6.45. The van der Waals surface area contributed by atoms with Gasteiger partial charge in [0.15, 0.2) is 0 Å². The van der Waals surface area contributed by atoms with Gasteiger partial charge in [0.25, 0.3) is 0 Å². The van der Waals surface area contributed by atoms with Crippen LogP contribution in [0.25, 0.3) is 21.3 Å². The van der Waals surface area contributed by atoms with Crippen molar-refractivity contribution in [2.45, 2.75) is 19.8 Å². The molecule has 0 spiro atoms. The van der Waals surface area contributed by atoms with Gasteiger partial charge in [0, 0.05) is 24.0 Å². The molecule has 7 heteroatoms. The Hall–Kier alpha value is -2.54. The third-order valence-corrected chi connectivity index (χ3v) is 5.73. The lowest BCUT2D eigenvalue weighted by molar-refractivity contribution is -0.148. The number of ether oxygens (including phenoxy) is 1. The molecule has 0 unspecified atom stereocenters. The Morgan fingerprint density at radius 1 is 1.33 bits per heavy atom. The van der Waals surface area contributed by atoms with E-state index in [0.29, 0.717) is 13.2 Å². The number of esters is 1. The van der Waals surface area contributed by atoms with Crippen molar-refractivity contribution in [1.29, 1.82) is 0 Å². The lowest BCUT2D eigenvalue weighted by atomic mass is 9.97. The standard InChI is InChI=1S/C20H20FN3O2S/c1-2-26-20(25)14-4-3-9-24(10-14)18-17-16(11-27-19(17)23-12-22-18)13-5-7-15(21)8-6-13/h5-8,11-12,14H,2-4,9-10H2,1H3/t14-/m0/s1. The molecule has 3 aromatic rings. The molecule has 1 aliphatic rings. The number of anilines is 1. The summed E-state index contributed by atoms with van der Waals surface area (Å²) in [5, 5.41) is 2.99. The van der Waals surface area contributed by atoms with Crippen LogP contribution in [0, 0.1) is 11.7 Å². The van der Waals surface area contributed by atoms with E-state index in [1.807, 2.05) is 12.3 Å². The molecule has 5 nitrogen and oxygen atoms in total. The normalized spacial score (nSPS) is 17.3. The monoisotopic (exact) mass is 385 g/mol. The number of hydrogen-bond donors (Lipinski definition) is 0. The smallest absolute Gasteiger partial charge is 0.310 e. The van der Waals surface area contributed by atoms with Crippen LogP contribution in [0.5, 0.6) is 0 Å². The quantitative estimate of drug-likeness (QED) is 0.628. The van der Waals surface area contributed by atoms with E-state index in [4.69, 9.17) is 4.74 Å². The maximum Gasteiger partial charge on any atom is 0.310 e. The summed E-state index contributed by atoms with van der Waals surface area (Å²) >= 11 is 1.54. The van der Waals surface area contributed by atoms with Crippen LogP contribution in [0.3, 0.4) is 0 Å². The molecule has 1 aromatic carbocycles. The molecule has 3 heterocycles. The van der Waals surface area contributed by atoms with Gasteiger partial charge in [-0.25, -0.2) is 14.4 Å². The van der Waals surface area contributed by atoms with Crippen molar-refractivity contribution in [2.75, 3.05) is 24.6 Å². The van der Waals surface area contributed by atoms with E-state index in [9.17, 15) is 9.18 Å². The third kappa shape index (κ3) is 3.51. The minimum atomic E-state index is -0.261. The number of aromatic nitrogens is 2. The first kappa shape index (κ1) is 17.9. The van der Waals surface area contributed by atoms with Crippen molar-refractivity contribution < 1.29 is 13.9 Å². The molecular weight excluding hydrogens is 365 g/mol. The van der Waals surface area contributed by atoms with E-state index >= 15 is 0 Å². The van der Waals surface area contributed by atoms with E-state index in [2.05, 4.69) is 14.9 Å². The fourth-order valence-corrected chi connectivity index (χ4v) is 4.47. The molecule has 1 aliphatic heterocycles. The Morgan fingerprint density at radius 2 is 2.15 bits per heavy atom. The zero-order chi connectivity index (χ0) is 18.8. The molecule has 27 heavy (non-hydrogen) atoms. The molecule has 0 radical (unpaired) electrons. The molecule has 140 valence electrons. The van der Waals surface area contributed by atoms with E-state index in [1.54, 1.807) is 29.8 Å². The van der Waals surface area contributed by atoms with Gasteiger partial charge in [-0.2, -0.15) is 0 Å². The largest absolute Gasteiger partial charge is 0.466 e. The van der Waals surface area contributed by atoms with E-state index in [0.717, 1.165) is 46.5 Å². The predicted octanol–water partition coefficient (Wildman–Crippen LogP) is 4.28. The van der Waals surface area contributed by atoms with Crippen molar-refractivity contribution in [2.24, 2.45) is 5.92 Å². The van der Waals surface area contributed by atoms with Gasteiger partial charge in [-0.1, -0.05) is 12.1 Å². The molecule has 0 N–H and O–H groups in total. The lowest BCUT2D eigenvalue weighted by Crippen LogP contribution is -2.40. The van der Waals surface area contributed by atoms with Gasteiger partial charge in [0.1, 0.15) is 22.8 Å². The summed E-state index contributed by atoms with van der Waals surface area (Å²) in [4.78, 5) is 24.2. The Labute approximate surface area is 160 Å². The summed E-state index contributed by atoms with van der Waals surface area (Å²) in [5.74, 6) is 0.283. The van der Waals surface area contributed by atoms with Gasteiger partial charge in [0.05, 0.1) is 17.9 Å². The first-order valence-corrected chi connectivity index (χ1v) is 9.95. The first-order valence-electron chi connectivity index (χ1n) is 9.07. The summed E-state index contributed by atoms with van der Waals surface area (Å²) in [7, 11) is 0. The molecule has 4 rings (SSSR count). The average molecular weight is 385 g/mol. The van der Waals surface area contributed by atoms with Crippen LogP contribution >= 0.6 is 11.3 Å². The number of carbonyl (C=O) groups excluding carboxylic acids is 1. The van der Waals surface area contributed by atoms with Crippen LogP contribution in [0.4, 0.5) is 10.2 Å². The number of piperidine rings is 1. The molecule has 0 saturated carbocycles. The third-order valence-electron chi connectivity index (χ3n) is 4.85. The van der Waals surface area contributed by atoms with Crippen molar-refractivity contribution in [3.05, 3.63) is 41.8 Å². The highest BCUT2D eigenvalue weighted by Gasteiger charge is 2.29. The van der Waals surface area contributed by atoms with E-state index in [-0.39, 0.29) is 17.7 Å². The van der Waals surface area contributed by atoms with E-state index < -0.39 is 0 Å². The van der Waals surface area contributed by atoms with Crippen molar-refractivity contribution >= 4 is 33.3 Å². The fourth-order valence-electron chi connectivity index (χ4n) is 3.56. The first-order chi connectivity index (χ1) is 13.2. The van der Waals surface area contributed by atoms with Gasteiger partial charge >= 0.3 is 5.97 Å². The molecule has 1 fully saturated rings. The van der Waals surface area contributed by atoms with Gasteiger partial charge in [0.2, 0.25) is 0 Å². The Morgan fingerprint density at radius 3 is 2.93 bits per heavy atom. The van der Waals surface area contributed by atoms with Crippen molar-refractivity contribution in [3.63, 3.8) is 0 Å². The predicted molar refractivity (Wildman–Crippen MR) is 104 cm³/mol. The van der Waals surface area contributed by atoms with Gasteiger partial charge < -0.3 is 9.64 Å². The summed E-state index contributed by atoms with van der Waals surface area (Å²) < 4.78 is 18.5. The second-order valence-corrected chi connectivity index (χ2v) is 7.43. The van der Waals surface area contributed by atoms with Crippen molar-refractivity contribution in [3.8, 4) is 11.1 Å². The topological polar surface area (TPSA) is 55.3 Å². The number of rotatable bonds is 4. The number of benzene rings is 1. The number of thiophene rings is 1. The summed E-state index contributed by atoms with van der Waals surface area (Å²) in [5.41, 5.74) is 1.92. The zero-order valence-corrected chi connectivity index (χ0v) is 15.8. The van der Waals surface area contributed by atoms with Crippen molar-refractivity contribution in [1.82, 2.24) is 9.97 Å². The molecule has 0 amide bonds. The Bertz CT molecular complexity index is 958. The summed E-state index contributed by atoms with van der Waals surface area (Å²) in [6.45, 7) is 3.64. The number of halogens is 1. The fraction of sp³-hybridized carbons (Fsp3) is 0.350. The van der Waals surface area contributed by atoms with Crippen LogP contribution < -0.4 is 4.90 Å².